The third-order valence-corrected chi connectivity index (χ3v) is 3.20. The molecule has 0 aromatic heterocycles. The second-order valence-corrected chi connectivity index (χ2v) is 4.92. The fraction of sp³-hybridized carbons (Fsp3) is 0.500. The zero-order chi connectivity index (χ0) is 12.8. The number of hydrogen-bond donors (Lipinski definition) is 1. The SMILES string of the molecule is Cc1ccc(C)c(CCN(C)C(=O)CCS)c1. The standard InChI is InChI=1S/C14H21NOS/c1-11-4-5-12(2)13(10-11)6-8-15(3)14(16)7-9-17/h4-5,10,17H,6-9H2,1-3H3. The lowest BCUT2D eigenvalue weighted by molar-refractivity contribution is -0.129. The number of aryl methyl sites for hydroxylation is 2. The van der Waals surface area contributed by atoms with Crippen LogP contribution >= 0.6 is 12.6 Å². The van der Waals surface area contributed by atoms with Crippen molar-refractivity contribution >= 4 is 18.5 Å². The average Bonchev–Trinajstić information content (AvgIpc) is 2.30. The molecule has 0 heterocycles. The number of hydrogen-bond acceptors (Lipinski definition) is 2. The van der Waals surface area contributed by atoms with Crippen molar-refractivity contribution in [1.82, 2.24) is 4.90 Å². The van der Waals surface area contributed by atoms with Gasteiger partial charge in [-0.3, -0.25) is 4.79 Å². The molecule has 3 heteroatoms. The first-order valence-corrected chi connectivity index (χ1v) is 6.58. The number of likely N-dealkylation sites (N-methyl/N-ethyl adjacent to an activating group) is 1. The first kappa shape index (κ1) is 14.1. The first-order valence-electron chi connectivity index (χ1n) is 5.95. The van der Waals surface area contributed by atoms with Crippen molar-refractivity contribution in [2.24, 2.45) is 0 Å². The van der Waals surface area contributed by atoms with Gasteiger partial charge in [0, 0.05) is 20.0 Å². The molecule has 0 unspecified atom stereocenters. The molecule has 0 radical (unpaired) electrons. The molecular weight excluding hydrogens is 230 g/mol. The average molecular weight is 251 g/mol. The molecule has 94 valence electrons. The van der Waals surface area contributed by atoms with E-state index in [1.165, 1.54) is 16.7 Å². The summed E-state index contributed by atoms with van der Waals surface area (Å²) >= 11 is 4.07. The van der Waals surface area contributed by atoms with Gasteiger partial charge < -0.3 is 4.90 Å². The Hall–Kier alpha value is -0.960. The van der Waals surface area contributed by atoms with E-state index in [0.29, 0.717) is 12.2 Å². The normalized spacial score (nSPS) is 10.4. The molecule has 0 fully saturated rings. The largest absolute Gasteiger partial charge is 0.345 e. The fourth-order valence-corrected chi connectivity index (χ4v) is 1.96. The van der Waals surface area contributed by atoms with Crippen LogP contribution in [0.15, 0.2) is 18.2 Å². The number of amides is 1. The van der Waals surface area contributed by atoms with Crippen LogP contribution in [0.1, 0.15) is 23.1 Å². The van der Waals surface area contributed by atoms with Gasteiger partial charge in [-0.05, 0) is 37.1 Å². The first-order chi connectivity index (χ1) is 8.04. The summed E-state index contributed by atoms with van der Waals surface area (Å²) < 4.78 is 0. The molecule has 0 aliphatic rings. The van der Waals surface area contributed by atoms with Crippen molar-refractivity contribution in [2.45, 2.75) is 26.7 Å². The van der Waals surface area contributed by atoms with E-state index in [-0.39, 0.29) is 5.91 Å². The number of rotatable bonds is 5. The molecule has 1 aromatic carbocycles. The van der Waals surface area contributed by atoms with Crippen LogP contribution < -0.4 is 0 Å². The van der Waals surface area contributed by atoms with Crippen molar-refractivity contribution < 1.29 is 4.79 Å². The number of carbonyl (C=O) groups is 1. The third kappa shape index (κ3) is 4.43. The summed E-state index contributed by atoms with van der Waals surface area (Å²) in [6.07, 6.45) is 1.44. The zero-order valence-corrected chi connectivity index (χ0v) is 11.8. The third-order valence-electron chi connectivity index (χ3n) is 2.97. The van der Waals surface area contributed by atoms with Gasteiger partial charge in [-0.2, -0.15) is 12.6 Å². The maximum atomic E-state index is 11.6. The van der Waals surface area contributed by atoms with Crippen molar-refractivity contribution in [3.63, 3.8) is 0 Å². The molecule has 0 saturated heterocycles. The van der Waals surface area contributed by atoms with Crippen LogP contribution in [0.2, 0.25) is 0 Å². The highest BCUT2D eigenvalue weighted by Crippen LogP contribution is 2.11. The Kier molecular flexibility index (Phi) is 5.56. The molecule has 1 rings (SSSR count). The van der Waals surface area contributed by atoms with Crippen LogP contribution in [-0.2, 0) is 11.2 Å². The topological polar surface area (TPSA) is 20.3 Å². The van der Waals surface area contributed by atoms with E-state index in [2.05, 4.69) is 44.7 Å². The van der Waals surface area contributed by atoms with Gasteiger partial charge >= 0.3 is 0 Å². The molecule has 0 spiro atoms. The van der Waals surface area contributed by atoms with Gasteiger partial charge in [0.1, 0.15) is 0 Å². The van der Waals surface area contributed by atoms with Crippen LogP contribution in [-0.4, -0.2) is 30.2 Å². The molecule has 0 aliphatic heterocycles. The summed E-state index contributed by atoms with van der Waals surface area (Å²) in [5.41, 5.74) is 3.90. The van der Waals surface area contributed by atoms with Crippen LogP contribution in [0, 0.1) is 13.8 Å². The lowest BCUT2D eigenvalue weighted by atomic mass is 10.0. The van der Waals surface area contributed by atoms with Gasteiger partial charge in [0.25, 0.3) is 0 Å². The fourth-order valence-electron chi connectivity index (χ4n) is 1.77. The highest BCUT2D eigenvalue weighted by Gasteiger charge is 2.08. The van der Waals surface area contributed by atoms with Crippen LogP contribution in [0.4, 0.5) is 0 Å². The molecule has 0 atom stereocenters. The van der Waals surface area contributed by atoms with Gasteiger partial charge in [0.15, 0.2) is 0 Å². The Balaban J connectivity index is 2.55. The van der Waals surface area contributed by atoms with E-state index < -0.39 is 0 Å². The molecule has 17 heavy (non-hydrogen) atoms. The van der Waals surface area contributed by atoms with Crippen LogP contribution in [0.3, 0.4) is 0 Å². The second-order valence-electron chi connectivity index (χ2n) is 4.47. The van der Waals surface area contributed by atoms with E-state index in [0.717, 1.165) is 13.0 Å². The van der Waals surface area contributed by atoms with Gasteiger partial charge in [-0.1, -0.05) is 23.8 Å². The summed E-state index contributed by atoms with van der Waals surface area (Å²) in [5.74, 6) is 0.789. The summed E-state index contributed by atoms with van der Waals surface area (Å²) in [5, 5.41) is 0. The predicted octanol–water partition coefficient (Wildman–Crippen LogP) is 2.62. The minimum absolute atomic E-state index is 0.172. The number of benzene rings is 1. The molecule has 2 nitrogen and oxygen atoms in total. The molecular formula is C14H21NOS. The molecule has 0 aliphatic carbocycles. The molecule has 1 aromatic rings. The Morgan fingerprint density at radius 1 is 1.35 bits per heavy atom. The summed E-state index contributed by atoms with van der Waals surface area (Å²) in [6.45, 7) is 4.99. The van der Waals surface area contributed by atoms with Crippen molar-refractivity contribution in [3.8, 4) is 0 Å². The number of nitrogens with zero attached hydrogens (tertiary/aromatic N) is 1. The number of carbonyl (C=O) groups excluding carboxylic acids is 1. The maximum absolute atomic E-state index is 11.6. The van der Waals surface area contributed by atoms with Crippen LogP contribution in [0.25, 0.3) is 0 Å². The zero-order valence-electron chi connectivity index (χ0n) is 10.9. The van der Waals surface area contributed by atoms with E-state index in [1.807, 2.05) is 7.05 Å². The van der Waals surface area contributed by atoms with E-state index in [1.54, 1.807) is 4.90 Å². The molecule has 0 N–H and O–H groups in total. The summed E-state index contributed by atoms with van der Waals surface area (Å²) in [4.78, 5) is 13.4. The smallest absolute Gasteiger partial charge is 0.223 e. The van der Waals surface area contributed by atoms with Crippen molar-refractivity contribution in [2.75, 3.05) is 19.3 Å². The minimum atomic E-state index is 0.172. The maximum Gasteiger partial charge on any atom is 0.223 e. The van der Waals surface area contributed by atoms with Crippen molar-refractivity contribution in [1.29, 1.82) is 0 Å². The minimum Gasteiger partial charge on any atom is -0.345 e. The predicted molar refractivity (Wildman–Crippen MR) is 75.7 cm³/mol. The Labute approximate surface area is 109 Å². The highest BCUT2D eigenvalue weighted by molar-refractivity contribution is 7.80. The summed E-state index contributed by atoms with van der Waals surface area (Å²) in [7, 11) is 1.86. The molecule has 0 saturated carbocycles. The van der Waals surface area contributed by atoms with Crippen LogP contribution in [0.5, 0.6) is 0 Å². The van der Waals surface area contributed by atoms with Crippen molar-refractivity contribution in [3.05, 3.63) is 34.9 Å². The molecule has 1 amide bonds. The van der Waals surface area contributed by atoms with Gasteiger partial charge in [0.05, 0.1) is 0 Å². The quantitative estimate of drug-likeness (QED) is 0.798. The monoisotopic (exact) mass is 251 g/mol. The highest BCUT2D eigenvalue weighted by atomic mass is 32.1. The Morgan fingerprint density at radius 3 is 2.71 bits per heavy atom. The second kappa shape index (κ2) is 6.70. The van der Waals surface area contributed by atoms with Gasteiger partial charge in [-0.25, -0.2) is 0 Å². The van der Waals surface area contributed by atoms with Gasteiger partial charge in [0.2, 0.25) is 5.91 Å². The van der Waals surface area contributed by atoms with E-state index in [9.17, 15) is 4.79 Å². The number of thiol groups is 1. The molecule has 0 bridgehead atoms. The van der Waals surface area contributed by atoms with E-state index >= 15 is 0 Å². The Bertz CT molecular complexity index is 390. The lowest BCUT2D eigenvalue weighted by Gasteiger charge is -2.17. The Morgan fingerprint density at radius 2 is 2.06 bits per heavy atom. The van der Waals surface area contributed by atoms with Gasteiger partial charge in [-0.15, -0.1) is 0 Å². The summed E-state index contributed by atoms with van der Waals surface area (Å²) in [6, 6.07) is 6.46. The lowest BCUT2D eigenvalue weighted by Crippen LogP contribution is -2.29. The van der Waals surface area contributed by atoms with E-state index in [4.69, 9.17) is 0 Å².